The Bertz CT molecular complexity index is 1250. The van der Waals surface area contributed by atoms with Crippen LogP contribution >= 0.6 is 0 Å². The maximum atomic E-state index is 11.7. The van der Waals surface area contributed by atoms with E-state index in [2.05, 4.69) is 10.2 Å². The minimum Gasteiger partial charge on any atom is -0.493 e. The maximum absolute atomic E-state index is 11.7. The molecule has 6 nitrogen and oxygen atoms in total. The van der Waals surface area contributed by atoms with Crippen molar-refractivity contribution in [2.75, 3.05) is 12.9 Å². The first kappa shape index (κ1) is 18.2. The van der Waals surface area contributed by atoms with Crippen molar-refractivity contribution in [1.82, 2.24) is 14.8 Å². The SMILES string of the molecule is CCOc1ccccc1-c1ccnn2ncc(-c3ccc(S(C)(=O)=O)cc3)c12. The van der Waals surface area contributed by atoms with Gasteiger partial charge in [-0.15, -0.1) is 0 Å². The van der Waals surface area contributed by atoms with Crippen LogP contribution < -0.4 is 4.74 Å². The van der Waals surface area contributed by atoms with Gasteiger partial charge in [0.2, 0.25) is 0 Å². The molecular weight excluding hydrogens is 374 g/mol. The highest BCUT2D eigenvalue weighted by molar-refractivity contribution is 7.90. The fraction of sp³-hybridized carbons (Fsp3) is 0.143. The molecule has 4 aromatic rings. The summed E-state index contributed by atoms with van der Waals surface area (Å²) >= 11 is 0. The molecule has 28 heavy (non-hydrogen) atoms. The minimum absolute atomic E-state index is 0.285. The summed E-state index contributed by atoms with van der Waals surface area (Å²) in [4.78, 5) is 0.285. The zero-order valence-corrected chi connectivity index (χ0v) is 16.3. The largest absolute Gasteiger partial charge is 0.493 e. The molecule has 7 heteroatoms. The van der Waals surface area contributed by atoms with Crippen LogP contribution in [0, 0.1) is 0 Å². The van der Waals surface area contributed by atoms with Crippen molar-refractivity contribution in [2.45, 2.75) is 11.8 Å². The molecule has 2 heterocycles. The second kappa shape index (κ2) is 7.09. The van der Waals surface area contributed by atoms with E-state index in [4.69, 9.17) is 4.74 Å². The topological polar surface area (TPSA) is 73.6 Å². The molecule has 0 saturated heterocycles. The molecule has 0 amide bonds. The van der Waals surface area contributed by atoms with Crippen LogP contribution in [0.15, 0.2) is 71.9 Å². The average molecular weight is 393 g/mol. The van der Waals surface area contributed by atoms with E-state index in [0.717, 1.165) is 33.5 Å². The van der Waals surface area contributed by atoms with Crippen molar-refractivity contribution in [1.29, 1.82) is 0 Å². The van der Waals surface area contributed by atoms with Crippen molar-refractivity contribution in [2.24, 2.45) is 0 Å². The Morgan fingerprint density at radius 2 is 1.68 bits per heavy atom. The first-order valence-corrected chi connectivity index (χ1v) is 10.7. The monoisotopic (exact) mass is 393 g/mol. The van der Waals surface area contributed by atoms with E-state index in [0.29, 0.717) is 6.61 Å². The summed E-state index contributed by atoms with van der Waals surface area (Å²) < 4.78 is 30.9. The lowest BCUT2D eigenvalue weighted by Crippen LogP contribution is -1.98. The van der Waals surface area contributed by atoms with Gasteiger partial charge in [-0.2, -0.15) is 14.8 Å². The predicted octanol–water partition coefficient (Wildman–Crippen LogP) is 3.87. The fourth-order valence-corrected chi connectivity index (χ4v) is 3.84. The summed E-state index contributed by atoms with van der Waals surface area (Å²) in [5.74, 6) is 0.790. The molecule has 0 N–H and O–H groups in total. The van der Waals surface area contributed by atoms with Gasteiger partial charge < -0.3 is 4.74 Å². The van der Waals surface area contributed by atoms with E-state index >= 15 is 0 Å². The lowest BCUT2D eigenvalue weighted by molar-refractivity contribution is 0.341. The number of hydrogen-bond donors (Lipinski definition) is 0. The van der Waals surface area contributed by atoms with E-state index in [1.165, 1.54) is 6.26 Å². The van der Waals surface area contributed by atoms with E-state index in [9.17, 15) is 8.42 Å². The van der Waals surface area contributed by atoms with Crippen LogP contribution in [0.1, 0.15) is 6.92 Å². The molecule has 2 aromatic heterocycles. The van der Waals surface area contributed by atoms with Crippen LogP contribution in [0.2, 0.25) is 0 Å². The quantitative estimate of drug-likeness (QED) is 0.515. The van der Waals surface area contributed by atoms with Gasteiger partial charge in [-0.1, -0.05) is 30.3 Å². The molecule has 2 aromatic carbocycles. The number of hydrogen-bond acceptors (Lipinski definition) is 5. The van der Waals surface area contributed by atoms with Crippen LogP contribution in [-0.2, 0) is 9.84 Å². The molecule has 0 saturated carbocycles. The smallest absolute Gasteiger partial charge is 0.175 e. The molecule has 0 unspecified atom stereocenters. The van der Waals surface area contributed by atoms with Crippen LogP contribution in [0.25, 0.3) is 27.8 Å². The number of para-hydroxylation sites is 1. The lowest BCUT2D eigenvalue weighted by atomic mass is 10.00. The second-order valence-electron chi connectivity index (χ2n) is 6.37. The molecule has 0 bridgehead atoms. The van der Waals surface area contributed by atoms with Crippen LogP contribution in [0.3, 0.4) is 0 Å². The van der Waals surface area contributed by atoms with Gasteiger partial charge >= 0.3 is 0 Å². The Balaban J connectivity index is 1.91. The summed E-state index contributed by atoms with van der Waals surface area (Å²) in [5, 5.41) is 8.69. The number of fused-ring (bicyclic) bond motifs is 1. The predicted molar refractivity (Wildman–Crippen MR) is 108 cm³/mol. The number of nitrogens with zero attached hydrogens (tertiary/aromatic N) is 3. The fourth-order valence-electron chi connectivity index (χ4n) is 3.21. The number of benzene rings is 2. The Hall–Kier alpha value is -3.19. The van der Waals surface area contributed by atoms with Gasteiger partial charge in [-0.05, 0) is 36.8 Å². The molecule has 0 aliphatic rings. The summed E-state index contributed by atoms with van der Waals surface area (Å²) in [6.45, 7) is 2.52. The van der Waals surface area contributed by atoms with Crippen molar-refractivity contribution >= 4 is 15.4 Å². The van der Waals surface area contributed by atoms with Crippen molar-refractivity contribution < 1.29 is 13.2 Å². The number of rotatable bonds is 5. The minimum atomic E-state index is -3.24. The van der Waals surface area contributed by atoms with Crippen LogP contribution in [-0.4, -0.2) is 36.1 Å². The molecule has 0 radical (unpaired) electrons. The second-order valence-corrected chi connectivity index (χ2v) is 8.38. The molecule has 0 fully saturated rings. The Kier molecular flexibility index (Phi) is 4.60. The summed E-state index contributed by atoms with van der Waals surface area (Å²) in [6.07, 6.45) is 4.64. The van der Waals surface area contributed by atoms with Gasteiger partial charge in [0.25, 0.3) is 0 Å². The van der Waals surface area contributed by atoms with Crippen molar-refractivity contribution in [3.8, 4) is 28.0 Å². The molecule has 0 aliphatic carbocycles. The zero-order chi connectivity index (χ0) is 19.7. The van der Waals surface area contributed by atoms with E-state index < -0.39 is 9.84 Å². The van der Waals surface area contributed by atoms with Gasteiger partial charge in [0.1, 0.15) is 11.3 Å². The highest BCUT2D eigenvalue weighted by Crippen LogP contribution is 2.36. The molecule has 142 valence electrons. The van der Waals surface area contributed by atoms with Gasteiger partial charge in [0.15, 0.2) is 9.84 Å². The standard InChI is InChI=1S/C21H19N3O3S/c1-3-27-20-7-5-4-6-17(20)18-12-13-22-24-21(18)19(14-23-24)15-8-10-16(11-9-15)28(2,25)26/h4-14H,3H2,1-2H3. The highest BCUT2D eigenvalue weighted by atomic mass is 32.2. The molecule has 0 aliphatic heterocycles. The van der Waals surface area contributed by atoms with Gasteiger partial charge in [-0.25, -0.2) is 8.42 Å². The lowest BCUT2D eigenvalue weighted by Gasteiger charge is -2.12. The third kappa shape index (κ3) is 3.25. The molecule has 0 atom stereocenters. The summed E-state index contributed by atoms with van der Waals surface area (Å²) in [7, 11) is -3.24. The number of aromatic nitrogens is 3. The highest BCUT2D eigenvalue weighted by Gasteiger charge is 2.16. The Morgan fingerprint density at radius 1 is 0.929 bits per heavy atom. The third-order valence-corrected chi connectivity index (χ3v) is 5.62. The van der Waals surface area contributed by atoms with Gasteiger partial charge in [0.05, 0.1) is 23.9 Å². The third-order valence-electron chi connectivity index (χ3n) is 4.49. The Labute approximate surface area is 163 Å². The molecule has 0 spiro atoms. The molecule has 4 rings (SSSR count). The van der Waals surface area contributed by atoms with Crippen molar-refractivity contribution in [3.63, 3.8) is 0 Å². The van der Waals surface area contributed by atoms with E-state index in [-0.39, 0.29) is 4.90 Å². The zero-order valence-electron chi connectivity index (χ0n) is 15.5. The number of ether oxygens (including phenoxy) is 1. The van der Waals surface area contributed by atoms with Gasteiger partial charge in [-0.3, -0.25) is 0 Å². The average Bonchev–Trinajstić information content (AvgIpc) is 3.12. The molecular formula is C21H19N3O3S. The number of sulfone groups is 1. The normalized spacial score (nSPS) is 11.6. The Morgan fingerprint density at radius 3 is 2.39 bits per heavy atom. The first-order chi connectivity index (χ1) is 13.5. The van der Waals surface area contributed by atoms with Gasteiger partial charge in [0, 0.05) is 22.9 Å². The maximum Gasteiger partial charge on any atom is 0.175 e. The van der Waals surface area contributed by atoms with Crippen LogP contribution in [0.4, 0.5) is 0 Å². The van der Waals surface area contributed by atoms with E-state index in [1.807, 2.05) is 37.3 Å². The van der Waals surface area contributed by atoms with E-state index in [1.54, 1.807) is 41.3 Å². The summed E-state index contributed by atoms with van der Waals surface area (Å²) in [6, 6.07) is 16.6. The first-order valence-electron chi connectivity index (χ1n) is 8.85. The van der Waals surface area contributed by atoms with Crippen LogP contribution in [0.5, 0.6) is 5.75 Å². The van der Waals surface area contributed by atoms with Crippen molar-refractivity contribution in [3.05, 3.63) is 67.0 Å². The summed E-state index contributed by atoms with van der Waals surface area (Å²) in [5.41, 5.74) is 4.46.